The molecule has 0 aromatic heterocycles. The minimum atomic E-state index is -4.30. The van der Waals surface area contributed by atoms with Gasteiger partial charge in [-0.1, -0.05) is 43.2 Å². The van der Waals surface area contributed by atoms with Gasteiger partial charge in [0.15, 0.2) is 0 Å². The van der Waals surface area contributed by atoms with Crippen LogP contribution in [0, 0.1) is 11.8 Å². The van der Waals surface area contributed by atoms with Crippen LogP contribution in [0.4, 0.5) is 13.2 Å². The van der Waals surface area contributed by atoms with Gasteiger partial charge in [0.2, 0.25) is 5.91 Å². The molecule has 1 heterocycles. The van der Waals surface area contributed by atoms with E-state index < -0.39 is 18.0 Å². The summed E-state index contributed by atoms with van der Waals surface area (Å²) in [6, 6.07) is 9.41. The van der Waals surface area contributed by atoms with Gasteiger partial charge >= 0.3 is 6.18 Å². The molecular formula is C18H23F3N2O. The van der Waals surface area contributed by atoms with E-state index in [-0.39, 0.29) is 24.3 Å². The Morgan fingerprint density at radius 3 is 2.42 bits per heavy atom. The first-order chi connectivity index (χ1) is 11.4. The van der Waals surface area contributed by atoms with Crippen molar-refractivity contribution in [3.63, 3.8) is 0 Å². The minimum absolute atomic E-state index is 0.0110. The number of rotatable bonds is 2. The quantitative estimate of drug-likeness (QED) is 0.898. The number of amides is 1. The lowest BCUT2D eigenvalue weighted by Gasteiger charge is -2.34. The van der Waals surface area contributed by atoms with Gasteiger partial charge in [0.1, 0.15) is 0 Å². The second-order valence-corrected chi connectivity index (χ2v) is 6.96. The van der Waals surface area contributed by atoms with Gasteiger partial charge in [0.05, 0.1) is 5.92 Å². The third-order valence-corrected chi connectivity index (χ3v) is 5.41. The first-order valence-electron chi connectivity index (χ1n) is 8.54. The normalized spacial score (nSPS) is 31.2. The van der Waals surface area contributed by atoms with Crippen molar-refractivity contribution in [3.8, 4) is 0 Å². The molecule has 1 aliphatic carbocycles. The first-order valence-corrected chi connectivity index (χ1v) is 8.54. The van der Waals surface area contributed by atoms with E-state index in [0.717, 1.165) is 5.56 Å². The molecule has 132 valence electrons. The molecule has 1 aliphatic heterocycles. The molecule has 24 heavy (non-hydrogen) atoms. The fraction of sp³-hybridized carbons (Fsp3) is 0.611. The van der Waals surface area contributed by atoms with E-state index in [2.05, 4.69) is 0 Å². The minimum Gasteiger partial charge on any atom is -0.340 e. The highest BCUT2D eigenvalue weighted by Crippen LogP contribution is 2.43. The van der Waals surface area contributed by atoms with E-state index in [1.54, 1.807) is 4.90 Å². The summed E-state index contributed by atoms with van der Waals surface area (Å²) in [7, 11) is 0. The number of hydrogen-bond acceptors (Lipinski definition) is 2. The molecule has 2 aliphatic rings. The topological polar surface area (TPSA) is 46.3 Å². The number of halogens is 3. The summed E-state index contributed by atoms with van der Waals surface area (Å²) < 4.78 is 39.8. The van der Waals surface area contributed by atoms with Gasteiger partial charge in [-0.2, -0.15) is 13.2 Å². The standard InChI is InChI=1S/C18H23F3N2O/c19-18(20,21)15-9-5-4-8-13(15)17(24)23-10-14(16(22)11-23)12-6-2-1-3-7-12/h1-3,6-7,13-16H,4-5,8-11,22H2/t13?,14-,15?,16+/m0/s1. The van der Waals surface area contributed by atoms with E-state index in [9.17, 15) is 18.0 Å². The monoisotopic (exact) mass is 340 g/mol. The van der Waals surface area contributed by atoms with Crippen molar-refractivity contribution >= 4 is 5.91 Å². The third-order valence-electron chi connectivity index (χ3n) is 5.41. The maximum Gasteiger partial charge on any atom is 0.392 e. The average molecular weight is 340 g/mol. The average Bonchev–Trinajstić information content (AvgIpc) is 2.96. The molecule has 0 bridgehead atoms. The van der Waals surface area contributed by atoms with Crippen molar-refractivity contribution in [2.24, 2.45) is 17.6 Å². The van der Waals surface area contributed by atoms with Crippen molar-refractivity contribution in [2.45, 2.75) is 43.8 Å². The Kier molecular flexibility index (Phi) is 4.85. The van der Waals surface area contributed by atoms with E-state index in [0.29, 0.717) is 32.4 Å². The van der Waals surface area contributed by atoms with Gasteiger partial charge in [0, 0.05) is 31.0 Å². The predicted molar refractivity (Wildman–Crippen MR) is 85.2 cm³/mol. The van der Waals surface area contributed by atoms with Crippen LogP contribution in [-0.2, 0) is 4.79 Å². The van der Waals surface area contributed by atoms with Crippen LogP contribution in [0.15, 0.2) is 30.3 Å². The largest absolute Gasteiger partial charge is 0.392 e. The van der Waals surface area contributed by atoms with Crippen molar-refractivity contribution in [1.29, 1.82) is 0 Å². The summed E-state index contributed by atoms with van der Waals surface area (Å²) in [5, 5.41) is 0. The Hall–Kier alpha value is -1.56. The number of hydrogen-bond donors (Lipinski definition) is 1. The summed E-state index contributed by atoms with van der Waals surface area (Å²) in [5.41, 5.74) is 7.21. The predicted octanol–water partition coefficient (Wildman–Crippen LogP) is 3.31. The van der Waals surface area contributed by atoms with Crippen LogP contribution in [0.5, 0.6) is 0 Å². The summed E-state index contributed by atoms with van der Waals surface area (Å²) in [4.78, 5) is 14.3. The smallest absolute Gasteiger partial charge is 0.340 e. The molecule has 4 atom stereocenters. The number of nitrogens with zero attached hydrogens (tertiary/aromatic N) is 1. The Morgan fingerprint density at radius 2 is 1.75 bits per heavy atom. The molecule has 1 saturated carbocycles. The SMILES string of the molecule is N[C@@H]1CN(C(=O)C2CCCCC2C(F)(F)F)C[C@H]1c1ccccc1. The molecular weight excluding hydrogens is 317 g/mol. The lowest BCUT2D eigenvalue weighted by molar-refractivity contribution is -0.200. The van der Waals surface area contributed by atoms with Crippen LogP contribution >= 0.6 is 0 Å². The number of alkyl halides is 3. The molecule has 0 radical (unpaired) electrons. The summed E-state index contributed by atoms with van der Waals surface area (Å²) in [6.07, 6.45) is -2.70. The Labute approximate surface area is 140 Å². The van der Waals surface area contributed by atoms with Crippen LogP contribution in [0.25, 0.3) is 0 Å². The van der Waals surface area contributed by atoms with Crippen molar-refractivity contribution in [2.75, 3.05) is 13.1 Å². The molecule has 1 amide bonds. The zero-order chi connectivity index (χ0) is 17.3. The van der Waals surface area contributed by atoms with Gasteiger partial charge in [-0.15, -0.1) is 0 Å². The molecule has 1 aromatic carbocycles. The van der Waals surface area contributed by atoms with Crippen molar-refractivity contribution < 1.29 is 18.0 Å². The lowest BCUT2D eigenvalue weighted by Crippen LogP contribution is -2.44. The van der Waals surface area contributed by atoms with Gasteiger partial charge in [-0.25, -0.2) is 0 Å². The lowest BCUT2D eigenvalue weighted by atomic mass is 9.78. The highest BCUT2D eigenvalue weighted by molar-refractivity contribution is 5.80. The maximum absolute atomic E-state index is 13.3. The highest BCUT2D eigenvalue weighted by Gasteiger charge is 2.50. The third kappa shape index (κ3) is 3.43. The summed E-state index contributed by atoms with van der Waals surface area (Å²) >= 11 is 0. The van der Waals surface area contributed by atoms with Crippen LogP contribution in [0.2, 0.25) is 0 Å². The number of nitrogens with two attached hydrogens (primary N) is 1. The molecule has 1 saturated heterocycles. The van der Waals surface area contributed by atoms with E-state index in [4.69, 9.17) is 5.73 Å². The zero-order valence-corrected chi connectivity index (χ0v) is 13.5. The molecule has 2 unspecified atom stereocenters. The number of benzene rings is 1. The van der Waals surface area contributed by atoms with Crippen molar-refractivity contribution in [3.05, 3.63) is 35.9 Å². The fourth-order valence-corrected chi connectivity index (χ4v) is 4.11. The molecule has 2 fully saturated rings. The van der Waals surface area contributed by atoms with Gasteiger partial charge in [-0.3, -0.25) is 4.79 Å². The Morgan fingerprint density at radius 1 is 1.08 bits per heavy atom. The fourth-order valence-electron chi connectivity index (χ4n) is 4.11. The van der Waals surface area contributed by atoms with Gasteiger partial charge < -0.3 is 10.6 Å². The zero-order valence-electron chi connectivity index (χ0n) is 13.5. The second-order valence-electron chi connectivity index (χ2n) is 6.96. The van der Waals surface area contributed by atoms with E-state index in [1.807, 2.05) is 30.3 Å². The Balaban J connectivity index is 1.73. The molecule has 1 aromatic rings. The molecule has 3 nitrogen and oxygen atoms in total. The van der Waals surface area contributed by atoms with E-state index in [1.165, 1.54) is 0 Å². The van der Waals surface area contributed by atoms with Crippen LogP contribution in [0.3, 0.4) is 0 Å². The molecule has 2 N–H and O–H groups in total. The first kappa shape index (κ1) is 17.3. The summed E-state index contributed by atoms with van der Waals surface area (Å²) in [6.45, 7) is 0.741. The van der Waals surface area contributed by atoms with E-state index >= 15 is 0 Å². The van der Waals surface area contributed by atoms with Crippen LogP contribution in [0.1, 0.15) is 37.2 Å². The van der Waals surface area contributed by atoms with Gasteiger partial charge in [0.25, 0.3) is 0 Å². The maximum atomic E-state index is 13.3. The second kappa shape index (κ2) is 6.75. The number of carbonyl (C=O) groups is 1. The molecule has 3 rings (SSSR count). The number of likely N-dealkylation sites (tertiary alicyclic amines) is 1. The van der Waals surface area contributed by atoms with Crippen molar-refractivity contribution in [1.82, 2.24) is 4.90 Å². The summed E-state index contributed by atoms with van der Waals surface area (Å²) in [5.74, 6) is -2.83. The molecule has 6 heteroatoms. The number of carbonyl (C=O) groups excluding carboxylic acids is 1. The molecule has 0 spiro atoms. The Bertz CT molecular complexity index is 575. The van der Waals surface area contributed by atoms with Crippen LogP contribution in [-0.4, -0.2) is 36.1 Å². The van der Waals surface area contributed by atoms with Gasteiger partial charge in [-0.05, 0) is 18.4 Å². The highest BCUT2D eigenvalue weighted by atomic mass is 19.4. The van der Waals surface area contributed by atoms with Crippen LogP contribution < -0.4 is 5.73 Å².